The molecule has 0 saturated carbocycles. The molecule has 0 saturated heterocycles. The van der Waals surface area contributed by atoms with Crippen molar-refractivity contribution in [2.45, 2.75) is 12.8 Å². The van der Waals surface area contributed by atoms with Crippen LogP contribution in [0.1, 0.15) is 12.0 Å². The quantitative estimate of drug-likeness (QED) is 0.835. The minimum absolute atomic E-state index is 0.0693. The van der Waals surface area contributed by atoms with Crippen LogP contribution >= 0.6 is 0 Å². The maximum Gasteiger partial charge on any atom is 0.224 e. The molecule has 0 aliphatic carbocycles. The summed E-state index contributed by atoms with van der Waals surface area (Å²) >= 11 is 0. The lowest BCUT2D eigenvalue weighted by Gasteiger charge is -2.19. The molecule has 0 unspecified atom stereocenters. The molecule has 1 heterocycles. The minimum atomic E-state index is -0.805. The van der Waals surface area contributed by atoms with Crippen LogP contribution in [0.2, 0.25) is 0 Å². The molecule has 3 N–H and O–H groups in total. The highest BCUT2D eigenvalue weighted by molar-refractivity contribution is 5.94. The summed E-state index contributed by atoms with van der Waals surface area (Å²) in [6.45, 7) is 0. The van der Waals surface area contributed by atoms with Crippen molar-refractivity contribution in [3.63, 3.8) is 0 Å². The summed E-state index contributed by atoms with van der Waals surface area (Å²) in [7, 11) is 0. The Morgan fingerprint density at radius 2 is 1.90 bits per heavy atom. The second-order valence-corrected chi connectivity index (χ2v) is 4.77. The third-order valence-corrected chi connectivity index (χ3v) is 3.24. The maximum absolute atomic E-state index is 13.6. The number of anilines is 2. The van der Waals surface area contributed by atoms with E-state index in [-0.39, 0.29) is 23.1 Å². The molecule has 0 atom stereocenters. The van der Waals surface area contributed by atoms with E-state index in [2.05, 4.69) is 5.32 Å². The molecule has 2 aromatic rings. The summed E-state index contributed by atoms with van der Waals surface area (Å²) in [5, 5.41) is 2.71. The van der Waals surface area contributed by atoms with E-state index in [1.54, 1.807) is 12.1 Å². The monoisotopic (exact) mass is 290 g/mol. The van der Waals surface area contributed by atoms with Crippen molar-refractivity contribution >= 4 is 17.3 Å². The fraction of sp³-hybridized carbons (Fsp3) is 0.133. The highest BCUT2D eigenvalue weighted by atomic mass is 19.1. The molecular formula is C15H12F2N2O2. The average Bonchev–Trinajstić information content (AvgIpc) is 2.42. The number of nitrogens with two attached hydrogens (primary N) is 1. The maximum atomic E-state index is 13.6. The first-order valence-electron chi connectivity index (χ1n) is 6.38. The molecule has 1 aliphatic heterocycles. The number of nitrogen functional groups attached to an aromatic ring is 1. The zero-order chi connectivity index (χ0) is 15.0. The highest BCUT2D eigenvalue weighted by Gasteiger charge is 2.18. The van der Waals surface area contributed by atoms with E-state index in [0.717, 1.165) is 17.7 Å². The van der Waals surface area contributed by atoms with Gasteiger partial charge in [0, 0.05) is 18.2 Å². The first-order valence-corrected chi connectivity index (χ1v) is 6.38. The zero-order valence-corrected chi connectivity index (χ0v) is 11.0. The predicted octanol–water partition coefficient (Wildman–Crippen LogP) is 3.22. The van der Waals surface area contributed by atoms with Crippen molar-refractivity contribution in [2.75, 3.05) is 11.1 Å². The molecule has 0 spiro atoms. The van der Waals surface area contributed by atoms with Crippen LogP contribution in [0, 0.1) is 11.6 Å². The summed E-state index contributed by atoms with van der Waals surface area (Å²) in [5.74, 6) is -1.39. The van der Waals surface area contributed by atoms with Crippen LogP contribution in [0.25, 0.3) is 0 Å². The van der Waals surface area contributed by atoms with Crippen LogP contribution in [0.15, 0.2) is 30.3 Å². The Morgan fingerprint density at radius 1 is 1.10 bits per heavy atom. The summed E-state index contributed by atoms with van der Waals surface area (Å²) in [6.07, 6.45) is 0.935. The van der Waals surface area contributed by atoms with E-state index in [0.29, 0.717) is 18.5 Å². The number of amides is 1. The summed E-state index contributed by atoms with van der Waals surface area (Å²) in [6, 6.07) is 6.28. The third-order valence-electron chi connectivity index (χ3n) is 3.24. The second kappa shape index (κ2) is 5.05. The number of benzene rings is 2. The Kier molecular flexibility index (Phi) is 3.21. The Balaban J connectivity index is 1.94. The summed E-state index contributed by atoms with van der Waals surface area (Å²) < 4.78 is 31.9. The van der Waals surface area contributed by atoms with Crippen LogP contribution in [0.3, 0.4) is 0 Å². The average molecular weight is 290 g/mol. The summed E-state index contributed by atoms with van der Waals surface area (Å²) in [4.78, 5) is 11.3. The van der Waals surface area contributed by atoms with Crippen LogP contribution < -0.4 is 15.8 Å². The van der Waals surface area contributed by atoms with Gasteiger partial charge in [-0.1, -0.05) is 0 Å². The van der Waals surface area contributed by atoms with Gasteiger partial charge in [0.1, 0.15) is 5.82 Å². The van der Waals surface area contributed by atoms with E-state index in [9.17, 15) is 13.6 Å². The van der Waals surface area contributed by atoms with Gasteiger partial charge >= 0.3 is 0 Å². The smallest absolute Gasteiger partial charge is 0.224 e. The molecule has 6 heteroatoms. The molecule has 108 valence electrons. The highest BCUT2D eigenvalue weighted by Crippen LogP contribution is 2.35. The molecule has 2 aromatic carbocycles. The number of hydrogen-bond acceptors (Lipinski definition) is 3. The number of rotatable bonds is 2. The summed E-state index contributed by atoms with van der Waals surface area (Å²) in [5.41, 5.74) is 7.61. The molecule has 4 nitrogen and oxygen atoms in total. The number of hydrogen-bond donors (Lipinski definition) is 2. The van der Waals surface area contributed by atoms with Gasteiger partial charge < -0.3 is 15.8 Å². The largest absolute Gasteiger partial charge is 0.452 e. The van der Waals surface area contributed by atoms with E-state index in [1.807, 2.05) is 0 Å². The molecule has 3 rings (SSSR count). The Hall–Kier alpha value is -2.63. The Labute approximate surface area is 119 Å². The molecule has 0 fully saturated rings. The van der Waals surface area contributed by atoms with Crippen molar-refractivity contribution in [1.82, 2.24) is 0 Å². The first kappa shape index (κ1) is 13.4. The SMILES string of the molecule is Nc1cc2c(cc1Oc1ccc(F)cc1F)CCC(=O)N2. The van der Waals surface area contributed by atoms with E-state index in [4.69, 9.17) is 10.5 Å². The van der Waals surface area contributed by atoms with Crippen molar-refractivity contribution in [3.8, 4) is 11.5 Å². The van der Waals surface area contributed by atoms with Crippen molar-refractivity contribution < 1.29 is 18.3 Å². The molecular weight excluding hydrogens is 278 g/mol. The molecule has 1 amide bonds. The molecule has 21 heavy (non-hydrogen) atoms. The number of carbonyl (C=O) groups excluding carboxylic acids is 1. The fourth-order valence-electron chi connectivity index (χ4n) is 2.19. The topological polar surface area (TPSA) is 64.3 Å². The lowest BCUT2D eigenvalue weighted by atomic mass is 10.0. The minimum Gasteiger partial charge on any atom is -0.452 e. The van der Waals surface area contributed by atoms with Crippen LogP contribution in [-0.4, -0.2) is 5.91 Å². The number of halogens is 2. The molecule has 0 bridgehead atoms. The van der Waals surface area contributed by atoms with Gasteiger partial charge in [-0.15, -0.1) is 0 Å². The lowest BCUT2D eigenvalue weighted by molar-refractivity contribution is -0.116. The van der Waals surface area contributed by atoms with Gasteiger partial charge in [-0.05, 0) is 36.2 Å². The van der Waals surface area contributed by atoms with Crippen molar-refractivity contribution in [3.05, 3.63) is 47.5 Å². The Bertz CT molecular complexity index is 732. The third kappa shape index (κ3) is 2.65. The van der Waals surface area contributed by atoms with Gasteiger partial charge in [0.05, 0.1) is 5.69 Å². The van der Waals surface area contributed by atoms with Crippen LogP contribution in [0.5, 0.6) is 11.5 Å². The van der Waals surface area contributed by atoms with Gasteiger partial charge in [-0.3, -0.25) is 4.79 Å². The van der Waals surface area contributed by atoms with Crippen molar-refractivity contribution in [1.29, 1.82) is 0 Å². The second-order valence-electron chi connectivity index (χ2n) is 4.77. The van der Waals surface area contributed by atoms with Gasteiger partial charge in [-0.25, -0.2) is 8.78 Å². The number of ether oxygens (including phenoxy) is 1. The van der Waals surface area contributed by atoms with Gasteiger partial charge in [0.2, 0.25) is 5.91 Å². The van der Waals surface area contributed by atoms with E-state index in [1.165, 1.54) is 6.07 Å². The van der Waals surface area contributed by atoms with Gasteiger partial charge in [0.15, 0.2) is 17.3 Å². The number of aryl methyl sites for hydroxylation is 1. The van der Waals surface area contributed by atoms with Crippen molar-refractivity contribution in [2.24, 2.45) is 0 Å². The standard InChI is InChI=1S/C15H12F2N2O2/c16-9-2-3-13(10(17)6-9)21-14-5-8-1-4-15(20)19-12(8)7-11(14)18/h2-3,5-7H,1,4,18H2,(H,19,20). The molecule has 1 aliphatic rings. The predicted molar refractivity (Wildman–Crippen MR) is 74.2 cm³/mol. The van der Waals surface area contributed by atoms with E-state index >= 15 is 0 Å². The van der Waals surface area contributed by atoms with Gasteiger partial charge in [-0.2, -0.15) is 0 Å². The van der Waals surface area contributed by atoms with Crippen LogP contribution in [0.4, 0.5) is 20.2 Å². The van der Waals surface area contributed by atoms with Crippen LogP contribution in [-0.2, 0) is 11.2 Å². The first-order chi connectivity index (χ1) is 10.0. The van der Waals surface area contributed by atoms with E-state index < -0.39 is 11.6 Å². The van der Waals surface area contributed by atoms with Gasteiger partial charge in [0.25, 0.3) is 0 Å². The number of carbonyl (C=O) groups is 1. The fourth-order valence-corrected chi connectivity index (χ4v) is 2.19. The Morgan fingerprint density at radius 3 is 2.67 bits per heavy atom. The normalized spacial score (nSPS) is 13.5. The zero-order valence-electron chi connectivity index (χ0n) is 11.0. The molecule has 0 radical (unpaired) electrons. The number of nitrogens with one attached hydrogen (secondary N) is 1. The number of fused-ring (bicyclic) bond motifs is 1. The molecule has 0 aromatic heterocycles. The lowest BCUT2D eigenvalue weighted by Crippen LogP contribution is -2.19.